The molecule has 0 aliphatic carbocycles. The molecule has 0 unspecified atom stereocenters. The van der Waals surface area contributed by atoms with Crippen LogP contribution in [0.4, 0.5) is 0 Å². The summed E-state index contributed by atoms with van der Waals surface area (Å²) in [7, 11) is 1.94. The van der Waals surface area contributed by atoms with Crippen molar-refractivity contribution in [3.63, 3.8) is 0 Å². The lowest BCUT2D eigenvalue weighted by atomic mass is 10.1. The molecule has 0 amide bonds. The molecule has 0 aliphatic heterocycles. The van der Waals surface area contributed by atoms with Gasteiger partial charge in [0.25, 0.3) is 0 Å². The molecule has 0 saturated carbocycles. The molecule has 0 spiro atoms. The van der Waals surface area contributed by atoms with Gasteiger partial charge in [0.2, 0.25) is 0 Å². The minimum absolute atomic E-state index is 0.568. The van der Waals surface area contributed by atoms with Gasteiger partial charge in [-0.3, -0.25) is 0 Å². The van der Waals surface area contributed by atoms with E-state index in [0.717, 1.165) is 37.9 Å². The number of halogens is 2. The summed E-state index contributed by atoms with van der Waals surface area (Å²) in [5, 5.41) is 3.18. The van der Waals surface area contributed by atoms with Crippen LogP contribution in [-0.2, 0) is 13.2 Å². The fourth-order valence-corrected chi connectivity index (χ4v) is 3.18. The fraction of sp³-hybridized carbons (Fsp3) is 0.250. The third kappa shape index (κ3) is 4.08. The molecular formula is C16H17Br2NO. The van der Waals surface area contributed by atoms with Gasteiger partial charge in [-0.15, -0.1) is 0 Å². The Bertz CT molecular complexity index is 599. The predicted molar refractivity (Wildman–Crippen MR) is 90.1 cm³/mol. The van der Waals surface area contributed by atoms with Crippen LogP contribution in [0.25, 0.3) is 0 Å². The average Bonchev–Trinajstić information content (AvgIpc) is 2.38. The second-order valence-electron chi connectivity index (χ2n) is 4.66. The van der Waals surface area contributed by atoms with Crippen LogP contribution in [0.5, 0.6) is 5.75 Å². The number of aryl methyl sites for hydroxylation is 1. The van der Waals surface area contributed by atoms with Crippen molar-refractivity contribution < 1.29 is 4.74 Å². The van der Waals surface area contributed by atoms with Crippen molar-refractivity contribution in [2.75, 3.05) is 7.05 Å². The van der Waals surface area contributed by atoms with E-state index < -0.39 is 0 Å². The minimum Gasteiger partial charge on any atom is -0.488 e. The molecule has 0 saturated heterocycles. The van der Waals surface area contributed by atoms with Crippen LogP contribution in [-0.4, -0.2) is 7.05 Å². The van der Waals surface area contributed by atoms with Gasteiger partial charge >= 0.3 is 0 Å². The van der Waals surface area contributed by atoms with E-state index in [4.69, 9.17) is 4.74 Å². The zero-order chi connectivity index (χ0) is 14.5. The number of nitrogens with one attached hydrogen (secondary N) is 1. The maximum Gasteiger partial charge on any atom is 0.127 e. The minimum atomic E-state index is 0.568. The van der Waals surface area contributed by atoms with E-state index in [2.05, 4.69) is 68.4 Å². The van der Waals surface area contributed by atoms with E-state index >= 15 is 0 Å². The van der Waals surface area contributed by atoms with Gasteiger partial charge in [-0.25, -0.2) is 0 Å². The molecule has 2 rings (SSSR count). The second kappa shape index (κ2) is 7.25. The first-order valence-electron chi connectivity index (χ1n) is 6.41. The SMILES string of the molecule is CNCc1cc(Br)cc(C)c1OCc1cccc(Br)c1. The Kier molecular flexibility index (Phi) is 5.64. The highest BCUT2D eigenvalue weighted by atomic mass is 79.9. The molecule has 0 aromatic heterocycles. The van der Waals surface area contributed by atoms with Gasteiger partial charge in [0.1, 0.15) is 12.4 Å². The van der Waals surface area contributed by atoms with Gasteiger partial charge < -0.3 is 10.1 Å². The van der Waals surface area contributed by atoms with Crippen molar-refractivity contribution in [3.8, 4) is 5.75 Å². The van der Waals surface area contributed by atoms with Crippen LogP contribution in [0.15, 0.2) is 45.3 Å². The van der Waals surface area contributed by atoms with Crippen molar-refractivity contribution in [1.82, 2.24) is 5.32 Å². The topological polar surface area (TPSA) is 21.3 Å². The summed E-state index contributed by atoms with van der Waals surface area (Å²) in [5.41, 5.74) is 3.45. The van der Waals surface area contributed by atoms with Crippen molar-refractivity contribution in [3.05, 3.63) is 62.0 Å². The van der Waals surface area contributed by atoms with Crippen LogP contribution >= 0.6 is 31.9 Å². The van der Waals surface area contributed by atoms with E-state index in [1.807, 2.05) is 19.2 Å². The summed E-state index contributed by atoms with van der Waals surface area (Å²) >= 11 is 7.01. The van der Waals surface area contributed by atoms with Crippen LogP contribution < -0.4 is 10.1 Å². The standard InChI is InChI=1S/C16H17Br2NO/c1-11-6-15(18)8-13(9-19-2)16(11)20-10-12-4-3-5-14(17)7-12/h3-8,19H,9-10H2,1-2H3. The summed E-state index contributed by atoms with van der Waals surface area (Å²) in [5.74, 6) is 0.961. The number of hydrogen-bond donors (Lipinski definition) is 1. The third-order valence-corrected chi connectivity index (χ3v) is 3.91. The second-order valence-corrected chi connectivity index (χ2v) is 6.49. The molecule has 0 radical (unpaired) electrons. The average molecular weight is 399 g/mol. The molecule has 106 valence electrons. The first kappa shape index (κ1) is 15.5. The van der Waals surface area contributed by atoms with Crippen molar-refractivity contribution in [1.29, 1.82) is 0 Å². The normalized spacial score (nSPS) is 10.6. The number of ether oxygens (including phenoxy) is 1. The fourth-order valence-electron chi connectivity index (χ4n) is 2.11. The molecule has 0 bridgehead atoms. The molecule has 4 heteroatoms. The largest absolute Gasteiger partial charge is 0.488 e. The lowest BCUT2D eigenvalue weighted by Gasteiger charge is -2.15. The van der Waals surface area contributed by atoms with Gasteiger partial charge in [-0.1, -0.05) is 44.0 Å². The van der Waals surface area contributed by atoms with Crippen LogP contribution in [0.1, 0.15) is 16.7 Å². The summed E-state index contributed by atoms with van der Waals surface area (Å²) in [6.45, 7) is 3.42. The monoisotopic (exact) mass is 397 g/mol. The first-order chi connectivity index (χ1) is 9.60. The Hall–Kier alpha value is -0.840. The lowest BCUT2D eigenvalue weighted by molar-refractivity contribution is 0.300. The molecular weight excluding hydrogens is 382 g/mol. The molecule has 1 N–H and O–H groups in total. The molecule has 2 aromatic rings. The number of hydrogen-bond acceptors (Lipinski definition) is 2. The van der Waals surface area contributed by atoms with Crippen molar-refractivity contribution >= 4 is 31.9 Å². The maximum absolute atomic E-state index is 6.03. The van der Waals surface area contributed by atoms with Crippen molar-refractivity contribution in [2.24, 2.45) is 0 Å². The van der Waals surface area contributed by atoms with Crippen LogP contribution in [0.2, 0.25) is 0 Å². The molecule has 0 heterocycles. The van der Waals surface area contributed by atoms with Crippen LogP contribution in [0.3, 0.4) is 0 Å². The Balaban J connectivity index is 2.20. The zero-order valence-electron chi connectivity index (χ0n) is 11.5. The molecule has 0 fully saturated rings. The summed E-state index contributed by atoms with van der Waals surface area (Å²) < 4.78 is 8.18. The molecule has 20 heavy (non-hydrogen) atoms. The van der Waals surface area contributed by atoms with Crippen LogP contribution in [0, 0.1) is 6.92 Å². The number of benzene rings is 2. The molecule has 0 aliphatic rings. The van der Waals surface area contributed by atoms with Gasteiger partial charge in [-0.2, -0.15) is 0 Å². The smallest absolute Gasteiger partial charge is 0.127 e. The van der Waals surface area contributed by atoms with Crippen molar-refractivity contribution in [2.45, 2.75) is 20.1 Å². The van der Waals surface area contributed by atoms with Gasteiger partial charge in [0.15, 0.2) is 0 Å². The molecule has 0 atom stereocenters. The summed E-state index contributed by atoms with van der Waals surface area (Å²) in [6, 6.07) is 12.4. The molecule has 2 aromatic carbocycles. The van der Waals surface area contributed by atoms with E-state index in [-0.39, 0.29) is 0 Å². The molecule has 2 nitrogen and oxygen atoms in total. The van der Waals surface area contributed by atoms with E-state index in [9.17, 15) is 0 Å². The predicted octanol–water partition coefficient (Wildman–Crippen LogP) is 4.82. The third-order valence-electron chi connectivity index (χ3n) is 2.96. The Morgan fingerprint density at radius 2 is 1.90 bits per heavy atom. The first-order valence-corrected chi connectivity index (χ1v) is 7.99. The van der Waals surface area contributed by atoms with Gasteiger partial charge in [0, 0.05) is 21.1 Å². The quantitative estimate of drug-likeness (QED) is 0.779. The van der Waals surface area contributed by atoms with Gasteiger partial charge in [-0.05, 0) is 49.4 Å². The number of rotatable bonds is 5. The Morgan fingerprint density at radius 3 is 2.60 bits per heavy atom. The Labute approximate surface area is 136 Å². The summed E-state index contributed by atoms with van der Waals surface area (Å²) in [6.07, 6.45) is 0. The zero-order valence-corrected chi connectivity index (χ0v) is 14.7. The van der Waals surface area contributed by atoms with E-state index in [0.29, 0.717) is 6.61 Å². The highest BCUT2D eigenvalue weighted by Crippen LogP contribution is 2.29. The maximum atomic E-state index is 6.03. The van der Waals surface area contributed by atoms with E-state index in [1.54, 1.807) is 0 Å². The highest BCUT2D eigenvalue weighted by Gasteiger charge is 2.09. The highest BCUT2D eigenvalue weighted by molar-refractivity contribution is 9.10. The lowest BCUT2D eigenvalue weighted by Crippen LogP contribution is -2.08. The van der Waals surface area contributed by atoms with Gasteiger partial charge in [0.05, 0.1) is 0 Å². The summed E-state index contributed by atoms with van der Waals surface area (Å²) in [4.78, 5) is 0. The van der Waals surface area contributed by atoms with E-state index in [1.165, 1.54) is 0 Å². The Morgan fingerprint density at radius 1 is 1.10 bits per heavy atom.